The maximum atomic E-state index is 6.39. The first-order chi connectivity index (χ1) is 12.1. The van der Waals surface area contributed by atoms with Crippen molar-refractivity contribution in [1.82, 2.24) is 0 Å². The molecule has 2 aromatic carbocycles. The maximum Gasteiger partial charge on any atom is 0.128 e. The first-order valence-electron chi connectivity index (χ1n) is 9.36. The summed E-state index contributed by atoms with van der Waals surface area (Å²) in [5.74, 6) is 0. The highest BCUT2D eigenvalue weighted by molar-refractivity contribution is 7.99. The Kier molecular flexibility index (Phi) is 5.10. The zero-order valence-corrected chi connectivity index (χ0v) is 16.6. The van der Waals surface area contributed by atoms with Gasteiger partial charge in [-0.25, -0.2) is 0 Å². The zero-order chi connectivity index (χ0) is 17.4. The van der Waals surface area contributed by atoms with E-state index in [2.05, 4.69) is 50.2 Å². The Morgan fingerprint density at radius 1 is 1.00 bits per heavy atom. The van der Waals surface area contributed by atoms with Crippen molar-refractivity contribution >= 4 is 23.4 Å². The minimum Gasteiger partial charge on any atom is -0.324 e. The molecule has 0 amide bonds. The van der Waals surface area contributed by atoms with Gasteiger partial charge in [0.2, 0.25) is 0 Å². The normalized spacial score (nSPS) is 26.0. The molecule has 2 aliphatic heterocycles. The van der Waals surface area contributed by atoms with E-state index in [1.807, 2.05) is 17.8 Å². The summed E-state index contributed by atoms with van der Waals surface area (Å²) in [5, 5.41) is 0.862. The number of nitrogens with one attached hydrogen (secondary N) is 2. The summed E-state index contributed by atoms with van der Waals surface area (Å²) in [6, 6.07) is 16.6. The molecule has 0 saturated carbocycles. The van der Waals surface area contributed by atoms with Crippen LogP contribution in [-0.2, 0) is 6.42 Å². The molecule has 0 radical (unpaired) electrons. The van der Waals surface area contributed by atoms with Gasteiger partial charge in [-0.3, -0.25) is 0 Å². The number of piperazine rings is 1. The van der Waals surface area contributed by atoms with Crippen LogP contribution < -0.4 is 9.80 Å². The minimum atomic E-state index is 0.513. The van der Waals surface area contributed by atoms with E-state index < -0.39 is 0 Å². The van der Waals surface area contributed by atoms with E-state index in [4.69, 9.17) is 11.6 Å². The van der Waals surface area contributed by atoms with Crippen molar-refractivity contribution in [3.8, 4) is 0 Å². The molecular weight excluding hydrogens is 348 g/mol. The van der Waals surface area contributed by atoms with Crippen LogP contribution in [0, 0.1) is 0 Å². The van der Waals surface area contributed by atoms with Gasteiger partial charge >= 0.3 is 0 Å². The first kappa shape index (κ1) is 17.4. The molecule has 25 heavy (non-hydrogen) atoms. The van der Waals surface area contributed by atoms with Crippen molar-refractivity contribution in [2.24, 2.45) is 0 Å². The summed E-state index contributed by atoms with van der Waals surface area (Å²) in [7, 11) is 0. The average molecular weight is 375 g/mol. The minimum absolute atomic E-state index is 0.513. The highest BCUT2D eigenvalue weighted by atomic mass is 35.5. The largest absolute Gasteiger partial charge is 0.324 e. The zero-order valence-electron chi connectivity index (χ0n) is 15.0. The van der Waals surface area contributed by atoms with Gasteiger partial charge in [0.15, 0.2) is 0 Å². The molecule has 0 spiro atoms. The molecule has 2 heterocycles. The Hall–Kier alpha value is -1.00. The molecule has 1 fully saturated rings. The van der Waals surface area contributed by atoms with Crippen LogP contribution in [0.3, 0.4) is 0 Å². The number of quaternary nitrogens is 2. The molecule has 132 valence electrons. The van der Waals surface area contributed by atoms with Crippen LogP contribution in [-0.4, -0.2) is 32.2 Å². The Bertz CT molecular complexity index is 753. The van der Waals surface area contributed by atoms with Crippen LogP contribution in [0.2, 0.25) is 5.02 Å². The SMILES string of the molecule is CC(C)[NH+]1CC[NH+]([C@H]2Cc3ccccc3Sc3ccc(Cl)cc32)CC1. The summed E-state index contributed by atoms with van der Waals surface area (Å²) < 4.78 is 0. The summed E-state index contributed by atoms with van der Waals surface area (Å²) >= 11 is 8.30. The lowest BCUT2D eigenvalue weighted by Gasteiger charge is -2.36. The highest BCUT2D eigenvalue weighted by Gasteiger charge is 2.35. The molecule has 4 heteroatoms. The molecule has 2 N–H and O–H groups in total. The number of fused-ring (bicyclic) bond motifs is 2. The Balaban J connectivity index is 1.68. The van der Waals surface area contributed by atoms with Crippen LogP contribution in [0.15, 0.2) is 52.3 Å². The fourth-order valence-corrected chi connectivity index (χ4v) is 5.59. The van der Waals surface area contributed by atoms with Crippen molar-refractivity contribution in [3.63, 3.8) is 0 Å². The lowest BCUT2D eigenvalue weighted by molar-refractivity contribution is -1.04. The van der Waals surface area contributed by atoms with Crippen molar-refractivity contribution in [2.75, 3.05) is 26.2 Å². The average Bonchev–Trinajstić information content (AvgIpc) is 2.78. The van der Waals surface area contributed by atoms with Crippen LogP contribution in [0.1, 0.15) is 31.0 Å². The van der Waals surface area contributed by atoms with Gasteiger partial charge in [-0.05, 0) is 43.7 Å². The van der Waals surface area contributed by atoms with E-state index in [0.717, 1.165) is 17.5 Å². The van der Waals surface area contributed by atoms with Gasteiger partial charge in [0.25, 0.3) is 0 Å². The smallest absolute Gasteiger partial charge is 0.128 e. The molecular formula is C21H27ClN2S+2. The third kappa shape index (κ3) is 3.61. The molecule has 0 aromatic heterocycles. The molecule has 0 bridgehead atoms. The number of halogens is 1. The number of rotatable bonds is 2. The van der Waals surface area contributed by atoms with Gasteiger partial charge in [0.05, 0.1) is 6.04 Å². The predicted molar refractivity (Wildman–Crippen MR) is 105 cm³/mol. The molecule has 0 unspecified atom stereocenters. The van der Waals surface area contributed by atoms with Gasteiger partial charge in [-0.15, -0.1) is 0 Å². The van der Waals surface area contributed by atoms with E-state index in [9.17, 15) is 0 Å². The van der Waals surface area contributed by atoms with E-state index in [1.165, 1.54) is 47.1 Å². The first-order valence-corrected chi connectivity index (χ1v) is 10.6. The molecule has 0 aliphatic carbocycles. The molecule has 1 saturated heterocycles. The second kappa shape index (κ2) is 7.32. The standard InChI is InChI=1S/C21H25ClN2S/c1-15(2)23-9-11-24(12-10-23)19-13-16-5-3-4-6-20(16)25-21-8-7-17(22)14-18(19)21/h3-8,14-15,19H,9-13H2,1-2H3/p+2/t19-/m0/s1. The van der Waals surface area contributed by atoms with Crippen molar-refractivity contribution in [2.45, 2.75) is 42.1 Å². The lowest BCUT2D eigenvalue weighted by atomic mass is 9.96. The summed E-state index contributed by atoms with van der Waals surface area (Å²) in [6.45, 7) is 9.72. The lowest BCUT2D eigenvalue weighted by Crippen LogP contribution is -3.29. The highest BCUT2D eigenvalue weighted by Crippen LogP contribution is 2.40. The monoisotopic (exact) mass is 374 g/mol. The third-order valence-electron chi connectivity index (χ3n) is 5.81. The van der Waals surface area contributed by atoms with Crippen LogP contribution in [0.5, 0.6) is 0 Å². The van der Waals surface area contributed by atoms with Gasteiger partial charge in [-0.1, -0.05) is 41.6 Å². The van der Waals surface area contributed by atoms with Gasteiger partial charge in [-0.2, -0.15) is 0 Å². The van der Waals surface area contributed by atoms with E-state index in [1.54, 1.807) is 9.80 Å². The molecule has 1 atom stereocenters. The fraction of sp³-hybridized carbons (Fsp3) is 0.429. The Morgan fingerprint density at radius 3 is 2.52 bits per heavy atom. The predicted octanol–water partition coefficient (Wildman–Crippen LogP) is 2.28. The van der Waals surface area contributed by atoms with E-state index >= 15 is 0 Å². The van der Waals surface area contributed by atoms with E-state index in [0.29, 0.717) is 6.04 Å². The van der Waals surface area contributed by atoms with Crippen LogP contribution >= 0.6 is 23.4 Å². The molecule has 2 aliphatic rings. The van der Waals surface area contributed by atoms with Crippen molar-refractivity contribution < 1.29 is 9.80 Å². The fourth-order valence-electron chi connectivity index (χ4n) is 4.29. The maximum absolute atomic E-state index is 6.39. The van der Waals surface area contributed by atoms with E-state index in [-0.39, 0.29) is 0 Å². The quantitative estimate of drug-likeness (QED) is 0.819. The third-order valence-corrected chi connectivity index (χ3v) is 7.25. The Morgan fingerprint density at radius 2 is 1.76 bits per heavy atom. The number of hydrogen-bond acceptors (Lipinski definition) is 1. The van der Waals surface area contributed by atoms with Gasteiger partial charge < -0.3 is 9.80 Å². The summed E-state index contributed by atoms with van der Waals surface area (Å²) in [4.78, 5) is 6.26. The molecule has 2 aromatic rings. The molecule has 2 nitrogen and oxygen atoms in total. The van der Waals surface area contributed by atoms with Gasteiger partial charge in [0.1, 0.15) is 32.2 Å². The summed E-state index contributed by atoms with van der Waals surface area (Å²) in [6.07, 6.45) is 1.11. The van der Waals surface area contributed by atoms with Gasteiger partial charge in [0, 0.05) is 26.8 Å². The molecule has 4 rings (SSSR count). The Labute approximate surface area is 160 Å². The van der Waals surface area contributed by atoms with Crippen molar-refractivity contribution in [1.29, 1.82) is 0 Å². The number of hydrogen-bond donors (Lipinski definition) is 2. The number of benzene rings is 2. The summed E-state index contributed by atoms with van der Waals surface area (Å²) in [5.41, 5.74) is 2.92. The van der Waals surface area contributed by atoms with Crippen LogP contribution in [0.4, 0.5) is 0 Å². The second-order valence-corrected chi connectivity index (χ2v) is 9.14. The van der Waals surface area contributed by atoms with Crippen molar-refractivity contribution in [3.05, 3.63) is 58.6 Å². The topological polar surface area (TPSA) is 8.88 Å². The second-order valence-electron chi connectivity index (χ2n) is 7.62. The van der Waals surface area contributed by atoms with Crippen LogP contribution in [0.25, 0.3) is 0 Å².